The molecular weight excluding hydrogens is 568 g/mol. The molecule has 4 aliphatic rings. The summed E-state index contributed by atoms with van der Waals surface area (Å²) < 4.78 is 5.40. The number of benzene rings is 3. The zero-order valence-electron chi connectivity index (χ0n) is 25.5. The lowest BCUT2D eigenvalue weighted by Crippen LogP contribution is -2.45. The van der Waals surface area contributed by atoms with Crippen molar-refractivity contribution in [1.82, 2.24) is 10.0 Å². The molecule has 3 amide bonds. The fourth-order valence-electron chi connectivity index (χ4n) is 6.78. The molecule has 228 valence electrons. The van der Waals surface area contributed by atoms with Gasteiger partial charge in [-0.05, 0) is 68.0 Å². The number of para-hydroxylation sites is 2. The summed E-state index contributed by atoms with van der Waals surface area (Å²) in [5, 5.41) is 16.2. The van der Waals surface area contributed by atoms with Crippen molar-refractivity contribution >= 4 is 35.2 Å². The van der Waals surface area contributed by atoms with Gasteiger partial charge in [0.05, 0.1) is 24.6 Å². The number of anilines is 1. The van der Waals surface area contributed by atoms with Gasteiger partial charge < -0.3 is 4.74 Å². The van der Waals surface area contributed by atoms with Gasteiger partial charge in [-0.3, -0.25) is 19.4 Å². The van der Waals surface area contributed by atoms with E-state index in [0.717, 1.165) is 52.1 Å². The van der Waals surface area contributed by atoms with Crippen LogP contribution in [0.5, 0.6) is 5.75 Å². The summed E-state index contributed by atoms with van der Waals surface area (Å²) in [7, 11) is 1.48. The van der Waals surface area contributed by atoms with E-state index < -0.39 is 23.9 Å². The number of methoxy groups -OCH3 is 1. The van der Waals surface area contributed by atoms with Gasteiger partial charge in [-0.25, -0.2) is 9.91 Å². The minimum absolute atomic E-state index is 0.0331. The molecule has 0 N–H and O–H groups in total. The van der Waals surface area contributed by atoms with Crippen molar-refractivity contribution in [2.45, 2.75) is 51.2 Å². The van der Waals surface area contributed by atoms with Crippen LogP contribution in [0.15, 0.2) is 93.8 Å². The topological polar surface area (TPSA) is 107 Å². The van der Waals surface area contributed by atoms with E-state index >= 15 is 0 Å². The highest BCUT2D eigenvalue weighted by Crippen LogP contribution is 2.45. The first-order valence-corrected chi connectivity index (χ1v) is 15.3. The average molecular weight is 603 g/mol. The summed E-state index contributed by atoms with van der Waals surface area (Å²) in [4.78, 5) is 42.2. The quantitative estimate of drug-likeness (QED) is 0.350. The number of fused-ring (bicyclic) bond motifs is 2. The maximum Gasteiger partial charge on any atom is 0.264 e. The first-order valence-electron chi connectivity index (χ1n) is 15.3. The Bertz CT molecular complexity index is 1760. The molecule has 4 atom stereocenters. The third-order valence-corrected chi connectivity index (χ3v) is 9.08. The Kier molecular flexibility index (Phi) is 7.27. The number of hydrazone groups is 1. The first-order chi connectivity index (χ1) is 21.8. The number of aryl methyl sites for hydroxylation is 2. The largest absolute Gasteiger partial charge is 0.495 e. The number of hydrogen-bond acceptors (Lipinski definition) is 8. The number of amides is 3. The molecule has 3 aromatic rings. The summed E-state index contributed by atoms with van der Waals surface area (Å²) in [5.74, 6) is -0.876. The molecule has 3 aromatic carbocycles. The van der Waals surface area contributed by atoms with Gasteiger partial charge in [0.15, 0.2) is 12.1 Å². The number of nitrogens with zero attached hydrogens (tertiary/aromatic N) is 6. The molecule has 3 aliphatic heterocycles. The molecule has 0 radical (unpaired) electrons. The maximum atomic E-state index is 14.2. The molecule has 1 aliphatic carbocycles. The number of carbonyl (C=O) groups is 3. The Hall–Kier alpha value is -5.12. The third kappa shape index (κ3) is 5.00. The fraction of sp³-hybridized carbons (Fsp3) is 0.314. The van der Waals surface area contributed by atoms with Gasteiger partial charge in [0.2, 0.25) is 0 Å². The molecule has 0 bridgehead atoms. The Labute approximate surface area is 261 Å². The third-order valence-electron chi connectivity index (χ3n) is 9.08. The van der Waals surface area contributed by atoms with E-state index in [1.807, 2.05) is 6.92 Å². The highest BCUT2D eigenvalue weighted by molar-refractivity contribution is 6.26. The molecular formula is C35H34N6O4. The minimum atomic E-state index is -1.03. The van der Waals surface area contributed by atoms with Gasteiger partial charge >= 0.3 is 0 Å². The average Bonchev–Trinajstić information content (AvgIpc) is 3.72. The summed E-state index contributed by atoms with van der Waals surface area (Å²) in [6.45, 7) is 3.86. The van der Waals surface area contributed by atoms with E-state index in [0.29, 0.717) is 11.4 Å². The lowest BCUT2D eigenvalue weighted by Gasteiger charge is -2.30. The van der Waals surface area contributed by atoms with Crippen LogP contribution in [0.2, 0.25) is 0 Å². The van der Waals surface area contributed by atoms with Crippen LogP contribution in [-0.2, 0) is 14.4 Å². The van der Waals surface area contributed by atoms with Crippen LogP contribution in [-0.4, -0.2) is 59.2 Å². The smallest absolute Gasteiger partial charge is 0.264 e. The van der Waals surface area contributed by atoms with Gasteiger partial charge in [0.1, 0.15) is 12.3 Å². The van der Waals surface area contributed by atoms with Crippen LogP contribution >= 0.6 is 0 Å². The molecule has 7 rings (SSSR count). The molecule has 0 spiro atoms. The monoisotopic (exact) mass is 602 g/mol. The van der Waals surface area contributed by atoms with Gasteiger partial charge in [-0.1, -0.05) is 77.0 Å². The zero-order chi connectivity index (χ0) is 31.2. The van der Waals surface area contributed by atoms with Crippen LogP contribution in [0, 0.1) is 19.8 Å². The second-order valence-corrected chi connectivity index (χ2v) is 12.0. The predicted molar refractivity (Wildman–Crippen MR) is 169 cm³/mol. The van der Waals surface area contributed by atoms with Crippen LogP contribution < -0.4 is 9.64 Å². The van der Waals surface area contributed by atoms with E-state index in [-0.39, 0.29) is 24.4 Å². The summed E-state index contributed by atoms with van der Waals surface area (Å²) >= 11 is 0. The zero-order valence-corrected chi connectivity index (χ0v) is 25.5. The van der Waals surface area contributed by atoms with Gasteiger partial charge in [-0.15, -0.1) is 0 Å². The molecule has 0 aromatic heterocycles. The van der Waals surface area contributed by atoms with Crippen molar-refractivity contribution < 1.29 is 19.1 Å². The molecule has 2 fully saturated rings. The SMILES string of the molecule is COc1ccccc1N1C(=O)[C@H]2N=NN(CC(=O)N3N=C4/C(=C/c5ccc(C)cc5)CCC[C@H]4[C@H]3c3ccc(C)cc3)[C@H]2C1=O. The second kappa shape index (κ2) is 11.4. The normalized spacial score (nSPS) is 24.7. The Morgan fingerprint density at radius 2 is 1.64 bits per heavy atom. The predicted octanol–water partition coefficient (Wildman–Crippen LogP) is 5.43. The van der Waals surface area contributed by atoms with E-state index in [1.165, 1.54) is 17.7 Å². The van der Waals surface area contributed by atoms with E-state index in [2.05, 4.69) is 71.9 Å². The Morgan fingerprint density at radius 3 is 2.38 bits per heavy atom. The highest BCUT2D eigenvalue weighted by Gasteiger charge is 2.56. The van der Waals surface area contributed by atoms with Crippen molar-refractivity contribution in [3.05, 3.63) is 101 Å². The van der Waals surface area contributed by atoms with Crippen molar-refractivity contribution in [1.29, 1.82) is 0 Å². The Balaban J connectivity index is 1.19. The summed E-state index contributed by atoms with van der Waals surface area (Å²) in [6.07, 6.45) is 4.96. The maximum absolute atomic E-state index is 14.2. The number of rotatable bonds is 6. The fourth-order valence-corrected chi connectivity index (χ4v) is 6.78. The van der Waals surface area contributed by atoms with E-state index in [1.54, 1.807) is 29.3 Å². The number of ether oxygens (including phenoxy) is 1. The van der Waals surface area contributed by atoms with Crippen LogP contribution in [0.4, 0.5) is 5.69 Å². The molecule has 0 unspecified atom stereocenters. The van der Waals surface area contributed by atoms with Crippen molar-refractivity contribution in [3.8, 4) is 5.75 Å². The van der Waals surface area contributed by atoms with Gasteiger partial charge in [0.25, 0.3) is 17.7 Å². The van der Waals surface area contributed by atoms with Crippen LogP contribution in [0.25, 0.3) is 6.08 Å². The summed E-state index contributed by atoms with van der Waals surface area (Å²) in [6, 6.07) is 21.1. The second-order valence-electron chi connectivity index (χ2n) is 12.0. The molecule has 10 nitrogen and oxygen atoms in total. The van der Waals surface area contributed by atoms with E-state index in [9.17, 15) is 14.4 Å². The number of hydrogen-bond donors (Lipinski definition) is 0. The molecule has 1 saturated carbocycles. The Morgan fingerprint density at radius 1 is 0.933 bits per heavy atom. The standard InChI is InChI=1S/C35H34N6O4/c1-21-11-15-23(16-12-21)19-25-7-6-8-26-30(25)37-41(32(26)24-17-13-22(2)14-18-24)29(42)20-39-33-31(36-38-39)34(43)40(35(33)44)27-9-4-5-10-28(27)45-3/h4-5,9-19,26,31-33H,6-8,20H2,1-3H3/b25-19+/t26-,31+,32-,33-/m1/s1. The number of allylic oxidation sites excluding steroid dienone is 1. The molecule has 3 heterocycles. The first kappa shape index (κ1) is 28.6. The minimum Gasteiger partial charge on any atom is -0.495 e. The number of carbonyl (C=O) groups excluding carboxylic acids is 3. The van der Waals surface area contributed by atoms with Crippen LogP contribution in [0.1, 0.15) is 47.6 Å². The summed E-state index contributed by atoms with van der Waals surface area (Å²) in [5.41, 5.74) is 6.83. The number of imide groups is 1. The molecule has 45 heavy (non-hydrogen) atoms. The van der Waals surface area contributed by atoms with E-state index in [4.69, 9.17) is 9.84 Å². The highest BCUT2D eigenvalue weighted by atomic mass is 16.5. The van der Waals surface area contributed by atoms with Crippen molar-refractivity contribution in [2.24, 2.45) is 21.4 Å². The lowest BCUT2D eigenvalue weighted by atomic mass is 9.77. The van der Waals surface area contributed by atoms with Crippen molar-refractivity contribution in [3.63, 3.8) is 0 Å². The molecule has 10 heteroatoms. The van der Waals surface area contributed by atoms with Gasteiger partial charge in [-0.2, -0.15) is 10.2 Å². The van der Waals surface area contributed by atoms with Crippen molar-refractivity contribution in [2.75, 3.05) is 18.6 Å². The molecule has 1 saturated heterocycles. The van der Waals surface area contributed by atoms with Gasteiger partial charge in [0, 0.05) is 5.92 Å². The van der Waals surface area contributed by atoms with Crippen LogP contribution in [0.3, 0.4) is 0 Å². The lowest BCUT2D eigenvalue weighted by molar-refractivity contribution is -0.136.